The van der Waals surface area contributed by atoms with Crippen molar-refractivity contribution >= 4 is 28.5 Å². The minimum atomic E-state index is -0.221. The van der Waals surface area contributed by atoms with Gasteiger partial charge in [0.15, 0.2) is 6.19 Å². The summed E-state index contributed by atoms with van der Waals surface area (Å²) in [5.74, 6) is 0.416. The zero-order valence-corrected chi connectivity index (χ0v) is 20.0. The molecule has 7 nitrogen and oxygen atoms in total. The molecule has 1 amide bonds. The second-order valence-corrected chi connectivity index (χ2v) is 8.75. The summed E-state index contributed by atoms with van der Waals surface area (Å²) in [5.41, 5.74) is 4.26. The predicted molar refractivity (Wildman–Crippen MR) is 141 cm³/mol. The van der Waals surface area contributed by atoms with Crippen LogP contribution in [-0.4, -0.2) is 46.3 Å². The van der Waals surface area contributed by atoms with Crippen molar-refractivity contribution < 1.29 is 4.79 Å². The summed E-state index contributed by atoms with van der Waals surface area (Å²) >= 11 is 0. The van der Waals surface area contributed by atoms with Crippen LogP contribution in [0.1, 0.15) is 27.5 Å². The summed E-state index contributed by atoms with van der Waals surface area (Å²) in [6, 6.07) is 27.3. The Hall–Kier alpha value is -4.70. The first-order valence-corrected chi connectivity index (χ1v) is 11.9. The van der Waals surface area contributed by atoms with Crippen molar-refractivity contribution in [3.8, 4) is 6.19 Å². The number of fused-ring (bicyclic) bond motifs is 1. The zero-order chi connectivity index (χ0) is 24.9. The quantitative estimate of drug-likeness (QED) is 0.200. The zero-order valence-electron chi connectivity index (χ0n) is 20.0. The van der Waals surface area contributed by atoms with Gasteiger partial charge >= 0.3 is 0 Å². The molecule has 1 atom stereocenters. The summed E-state index contributed by atoms with van der Waals surface area (Å²) in [6.07, 6.45) is 3.68. The molecule has 178 valence electrons. The van der Waals surface area contributed by atoms with E-state index in [9.17, 15) is 10.1 Å². The van der Waals surface area contributed by atoms with E-state index in [0.29, 0.717) is 31.2 Å². The molecule has 0 spiro atoms. The number of amides is 1. The number of aryl methyl sites for hydroxylation is 1. The van der Waals surface area contributed by atoms with Gasteiger partial charge in [-0.25, -0.2) is 4.99 Å². The molecule has 4 aromatic rings. The summed E-state index contributed by atoms with van der Waals surface area (Å²) in [6.45, 7) is 3.50. The molecular weight excluding hydrogens is 448 g/mol. The predicted octanol–water partition coefficient (Wildman–Crippen LogP) is 4.80. The number of aliphatic imine (C=N–C) groups is 1. The van der Waals surface area contributed by atoms with E-state index >= 15 is 0 Å². The molecular formula is C29H26N6O. The largest absolute Gasteiger partial charge is 0.338 e. The Morgan fingerprint density at radius 1 is 1.03 bits per heavy atom. The molecule has 36 heavy (non-hydrogen) atoms. The number of carbonyl (C=O) groups is 1. The Bertz CT molecular complexity index is 1460. The van der Waals surface area contributed by atoms with Gasteiger partial charge in [-0.2, -0.15) is 5.26 Å². The maximum Gasteiger partial charge on any atom is 0.256 e. The second-order valence-electron chi connectivity index (χ2n) is 8.75. The maximum absolute atomic E-state index is 13.7. The van der Waals surface area contributed by atoms with E-state index in [1.807, 2.05) is 108 Å². The van der Waals surface area contributed by atoms with Gasteiger partial charge in [-0.3, -0.25) is 15.1 Å². The fraction of sp³-hybridized carbons (Fsp3) is 0.172. The van der Waals surface area contributed by atoms with Gasteiger partial charge in [0.25, 0.3) is 5.91 Å². The number of rotatable bonds is 3. The van der Waals surface area contributed by atoms with Gasteiger partial charge in [-0.05, 0) is 36.2 Å². The van der Waals surface area contributed by atoms with E-state index < -0.39 is 0 Å². The maximum atomic E-state index is 13.7. The van der Waals surface area contributed by atoms with Crippen LogP contribution in [0.5, 0.6) is 0 Å². The second kappa shape index (κ2) is 10.3. The molecule has 1 fully saturated rings. The summed E-state index contributed by atoms with van der Waals surface area (Å²) in [4.78, 5) is 26.9. The molecule has 3 aromatic carbocycles. The van der Waals surface area contributed by atoms with Crippen molar-refractivity contribution in [1.29, 1.82) is 5.26 Å². The van der Waals surface area contributed by atoms with Gasteiger partial charge in [0.1, 0.15) is 0 Å². The van der Waals surface area contributed by atoms with Crippen molar-refractivity contribution in [2.75, 3.05) is 19.6 Å². The number of carbonyl (C=O) groups excluding carboxylic acids is 1. The van der Waals surface area contributed by atoms with Gasteiger partial charge < -0.3 is 9.80 Å². The third kappa shape index (κ3) is 4.75. The fourth-order valence-electron chi connectivity index (χ4n) is 4.56. The van der Waals surface area contributed by atoms with E-state index in [0.717, 1.165) is 27.7 Å². The molecule has 0 radical (unpaired) electrons. The van der Waals surface area contributed by atoms with Crippen LogP contribution < -0.4 is 5.32 Å². The Balaban J connectivity index is 1.48. The van der Waals surface area contributed by atoms with Crippen LogP contribution >= 0.6 is 0 Å². The lowest BCUT2D eigenvalue weighted by molar-refractivity contribution is 0.0547. The van der Waals surface area contributed by atoms with Crippen molar-refractivity contribution in [2.45, 2.75) is 13.0 Å². The number of nitrogens with zero attached hydrogens (tertiary/aromatic N) is 5. The third-order valence-corrected chi connectivity index (χ3v) is 6.47. The molecule has 1 aliphatic heterocycles. The number of pyridine rings is 1. The number of nitrogens with one attached hydrogen (secondary N) is 1. The topological polar surface area (TPSA) is 84.6 Å². The minimum Gasteiger partial charge on any atom is -0.338 e. The van der Waals surface area contributed by atoms with Crippen LogP contribution in [0.4, 0.5) is 5.69 Å². The molecule has 5 rings (SSSR count). The standard InChI is InChI=1S/C29H26N6O/c1-21-9-5-7-13-25(21)33-29(32-20-30)34-15-16-35(27(19-34)22-10-3-2-4-11-22)28(36)24-17-23-12-6-8-14-26(23)31-18-24/h2-14,17-18,27H,15-16,19H2,1H3,(H,32,33). The highest BCUT2D eigenvalue weighted by Crippen LogP contribution is 2.28. The monoisotopic (exact) mass is 474 g/mol. The van der Waals surface area contributed by atoms with Crippen LogP contribution in [-0.2, 0) is 0 Å². The van der Waals surface area contributed by atoms with Crippen LogP contribution in [0.15, 0.2) is 96.1 Å². The summed E-state index contributed by atoms with van der Waals surface area (Å²) in [7, 11) is 0. The van der Waals surface area contributed by atoms with Crippen LogP contribution in [0.25, 0.3) is 10.9 Å². The highest BCUT2D eigenvalue weighted by Gasteiger charge is 2.33. The smallest absolute Gasteiger partial charge is 0.256 e. The molecule has 1 saturated heterocycles. The lowest BCUT2D eigenvalue weighted by atomic mass is 10.0. The van der Waals surface area contributed by atoms with Gasteiger partial charge in [-0.15, -0.1) is 0 Å². The van der Waals surface area contributed by atoms with E-state index in [2.05, 4.69) is 10.3 Å². The SMILES string of the molecule is Cc1ccccc1N=C(NC#N)N1CCN(C(=O)c2cnc3ccccc3c2)C(c2ccccc2)C1. The Labute approximate surface area is 210 Å². The van der Waals surface area contributed by atoms with Crippen LogP contribution in [0.2, 0.25) is 0 Å². The minimum absolute atomic E-state index is 0.0626. The van der Waals surface area contributed by atoms with E-state index in [1.54, 1.807) is 6.20 Å². The highest BCUT2D eigenvalue weighted by molar-refractivity contribution is 5.97. The number of hydrogen-bond donors (Lipinski definition) is 1. The molecule has 1 N–H and O–H groups in total. The first-order valence-electron chi connectivity index (χ1n) is 11.9. The van der Waals surface area contributed by atoms with E-state index in [1.165, 1.54) is 0 Å². The number of para-hydroxylation sites is 2. The third-order valence-electron chi connectivity index (χ3n) is 6.47. The molecule has 7 heteroatoms. The van der Waals surface area contributed by atoms with Gasteiger partial charge in [0.2, 0.25) is 5.96 Å². The first-order chi connectivity index (χ1) is 17.6. The van der Waals surface area contributed by atoms with Gasteiger partial charge in [0, 0.05) is 31.2 Å². The van der Waals surface area contributed by atoms with Gasteiger partial charge in [0.05, 0.1) is 22.8 Å². The Morgan fingerprint density at radius 2 is 1.78 bits per heavy atom. The Kier molecular flexibility index (Phi) is 6.59. The van der Waals surface area contributed by atoms with Gasteiger partial charge in [-0.1, -0.05) is 66.7 Å². The van der Waals surface area contributed by atoms with E-state index in [-0.39, 0.29) is 11.9 Å². The molecule has 2 heterocycles. The van der Waals surface area contributed by atoms with Crippen LogP contribution in [0.3, 0.4) is 0 Å². The average molecular weight is 475 g/mol. The number of piperazine rings is 1. The molecule has 1 aromatic heterocycles. The number of nitriles is 1. The molecule has 0 bridgehead atoms. The van der Waals surface area contributed by atoms with Crippen molar-refractivity contribution in [2.24, 2.45) is 4.99 Å². The number of guanidine groups is 1. The fourth-order valence-corrected chi connectivity index (χ4v) is 4.56. The van der Waals surface area contributed by atoms with E-state index in [4.69, 9.17) is 4.99 Å². The molecule has 0 aliphatic carbocycles. The Morgan fingerprint density at radius 3 is 2.58 bits per heavy atom. The van der Waals surface area contributed by atoms with Crippen molar-refractivity contribution in [1.82, 2.24) is 20.1 Å². The normalized spacial score (nSPS) is 16.0. The molecule has 0 saturated carbocycles. The lowest BCUT2D eigenvalue weighted by Crippen LogP contribution is -2.54. The summed E-state index contributed by atoms with van der Waals surface area (Å²) < 4.78 is 0. The summed E-state index contributed by atoms with van der Waals surface area (Å²) in [5, 5.41) is 13.1. The molecule has 1 aliphatic rings. The first kappa shape index (κ1) is 23.1. The number of hydrogen-bond acceptors (Lipinski definition) is 4. The molecule has 1 unspecified atom stereocenters. The van der Waals surface area contributed by atoms with Crippen molar-refractivity contribution in [3.63, 3.8) is 0 Å². The van der Waals surface area contributed by atoms with Crippen LogP contribution in [0, 0.1) is 18.4 Å². The number of benzene rings is 3. The lowest BCUT2D eigenvalue weighted by Gasteiger charge is -2.42. The number of aromatic nitrogens is 1. The van der Waals surface area contributed by atoms with Crippen molar-refractivity contribution in [3.05, 3.63) is 108 Å². The highest BCUT2D eigenvalue weighted by atomic mass is 16.2. The average Bonchev–Trinajstić information content (AvgIpc) is 2.93.